The zero-order valence-corrected chi connectivity index (χ0v) is 7.74. The Labute approximate surface area is 76.3 Å². The number of carbonyl (C=O) groups excluding carboxylic acids is 1. The third kappa shape index (κ3) is 1.46. The number of cyclic esters (lactones) is 1. The Morgan fingerprint density at radius 1 is 1.77 bits per heavy atom. The van der Waals surface area contributed by atoms with Crippen LogP contribution in [0.2, 0.25) is 0 Å². The minimum Gasteiger partial charge on any atom is -0.479 e. The number of hydrogen-bond acceptors (Lipinski definition) is 3. The summed E-state index contributed by atoms with van der Waals surface area (Å²) in [6, 6.07) is 0. The van der Waals surface area contributed by atoms with Crippen molar-refractivity contribution >= 4 is 12.1 Å². The molecule has 0 saturated carbocycles. The molecule has 74 valence electrons. The Kier molecular flexibility index (Phi) is 2.45. The average molecular weight is 187 g/mol. The molecule has 1 saturated heterocycles. The Morgan fingerprint density at radius 3 is 2.85 bits per heavy atom. The van der Waals surface area contributed by atoms with Crippen LogP contribution in [0.15, 0.2) is 0 Å². The van der Waals surface area contributed by atoms with E-state index in [4.69, 9.17) is 9.84 Å². The summed E-state index contributed by atoms with van der Waals surface area (Å²) < 4.78 is 4.70. The van der Waals surface area contributed by atoms with Gasteiger partial charge in [0.2, 0.25) is 0 Å². The first-order valence-corrected chi connectivity index (χ1v) is 4.20. The summed E-state index contributed by atoms with van der Waals surface area (Å²) in [6.45, 7) is 3.73. The van der Waals surface area contributed by atoms with Gasteiger partial charge in [-0.2, -0.15) is 0 Å². The van der Waals surface area contributed by atoms with Gasteiger partial charge in [-0.3, -0.25) is 4.90 Å². The molecule has 1 amide bonds. The molecule has 13 heavy (non-hydrogen) atoms. The lowest BCUT2D eigenvalue weighted by Crippen LogP contribution is -2.51. The highest BCUT2D eigenvalue weighted by atomic mass is 16.6. The minimum atomic E-state index is -1.19. The Balaban J connectivity index is 2.85. The van der Waals surface area contributed by atoms with Crippen molar-refractivity contribution < 1.29 is 19.4 Å². The van der Waals surface area contributed by atoms with Crippen molar-refractivity contribution in [2.45, 2.75) is 25.8 Å². The maximum atomic E-state index is 11.1. The summed E-state index contributed by atoms with van der Waals surface area (Å²) >= 11 is 0. The van der Waals surface area contributed by atoms with E-state index in [9.17, 15) is 9.59 Å². The van der Waals surface area contributed by atoms with Crippen LogP contribution < -0.4 is 0 Å². The van der Waals surface area contributed by atoms with E-state index >= 15 is 0 Å². The molecule has 0 aromatic heterocycles. The fourth-order valence-corrected chi connectivity index (χ4v) is 1.30. The van der Waals surface area contributed by atoms with Crippen LogP contribution in [0.1, 0.15) is 20.3 Å². The van der Waals surface area contributed by atoms with Crippen molar-refractivity contribution in [2.24, 2.45) is 0 Å². The number of carbonyl (C=O) groups is 2. The molecule has 5 heteroatoms. The Hall–Kier alpha value is -1.26. The number of hydrogen-bond donors (Lipinski definition) is 1. The second kappa shape index (κ2) is 3.24. The second-order valence-corrected chi connectivity index (χ2v) is 3.29. The fourth-order valence-electron chi connectivity index (χ4n) is 1.30. The molecule has 1 aliphatic heterocycles. The van der Waals surface area contributed by atoms with Gasteiger partial charge in [0, 0.05) is 6.54 Å². The number of carboxylic acids is 1. The molecular formula is C8H13NO4. The van der Waals surface area contributed by atoms with Crippen molar-refractivity contribution in [3.05, 3.63) is 0 Å². The molecule has 1 N–H and O–H groups in total. The van der Waals surface area contributed by atoms with Crippen LogP contribution in [-0.4, -0.2) is 40.8 Å². The third-order valence-electron chi connectivity index (χ3n) is 2.20. The van der Waals surface area contributed by atoms with Crippen LogP contribution in [0.25, 0.3) is 0 Å². The summed E-state index contributed by atoms with van der Waals surface area (Å²) in [6.07, 6.45) is 0.185. The second-order valence-electron chi connectivity index (χ2n) is 3.29. The first kappa shape index (κ1) is 9.83. The lowest BCUT2D eigenvalue weighted by Gasteiger charge is -2.26. The molecule has 5 nitrogen and oxygen atoms in total. The van der Waals surface area contributed by atoms with Crippen molar-refractivity contribution in [2.75, 3.05) is 13.2 Å². The van der Waals surface area contributed by atoms with Crippen molar-refractivity contribution in [1.82, 2.24) is 4.90 Å². The van der Waals surface area contributed by atoms with E-state index in [1.54, 1.807) is 0 Å². The fraction of sp³-hybridized carbons (Fsp3) is 0.750. The van der Waals surface area contributed by atoms with Crippen LogP contribution in [0.3, 0.4) is 0 Å². The molecule has 0 spiro atoms. The molecule has 0 aromatic rings. The molecule has 1 fully saturated rings. The van der Waals surface area contributed by atoms with Crippen LogP contribution in [0.4, 0.5) is 4.79 Å². The number of aliphatic carboxylic acids is 1. The maximum Gasteiger partial charge on any atom is 0.410 e. The topological polar surface area (TPSA) is 66.8 Å². The van der Waals surface area contributed by atoms with Gasteiger partial charge in [0.05, 0.1) is 0 Å². The predicted molar refractivity (Wildman–Crippen MR) is 44.4 cm³/mol. The van der Waals surface area contributed by atoms with Gasteiger partial charge in [0.1, 0.15) is 6.61 Å². The molecule has 0 aliphatic carbocycles. The summed E-state index contributed by atoms with van der Waals surface area (Å²) in [4.78, 5) is 23.3. The quantitative estimate of drug-likeness (QED) is 0.706. The van der Waals surface area contributed by atoms with E-state index in [0.717, 1.165) is 6.42 Å². The van der Waals surface area contributed by atoms with Gasteiger partial charge in [-0.05, 0) is 13.3 Å². The van der Waals surface area contributed by atoms with E-state index in [-0.39, 0.29) is 6.61 Å². The van der Waals surface area contributed by atoms with E-state index in [2.05, 4.69) is 0 Å². The standard InChI is InChI=1S/C8H13NO4/c1-3-4-9-7(12)13-5-8(9,2)6(10)11/h3-5H2,1-2H3,(H,10,11). The summed E-state index contributed by atoms with van der Waals surface area (Å²) in [5.74, 6) is -1.02. The summed E-state index contributed by atoms with van der Waals surface area (Å²) in [5, 5.41) is 8.91. The van der Waals surface area contributed by atoms with Crippen molar-refractivity contribution in [3.63, 3.8) is 0 Å². The predicted octanol–water partition coefficient (Wildman–Crippen LogP) is 0.692. The highest BCUT2D eigenvalue weighted by molar-refractivity contribution is 5.86. The third-order valence-corrected chi connectivity index (χ3v) is 2.20. The van der Waals surface area contributed by atoms with Crippen LogP contribution in [-0.2, 0) is 9.53 Å². The molecule has 0 radical (unpaired) electrons. The molecule has 1 aliphatic rings. The lowest BCUT2D eigenvalue weighted by molar-refractivity contribution is -0.147. The molecule has 0 bridgehead atoms. The van der Waals surface area contributed by atoms with E-state index in [0.29, 0.717) is 6.54 Å². The van der Waals surface area contributed by atoms with Gasteiger partial charge in [0.15, 0.2) is 5.54 Å². The number of rotatable bonds is 3. The summed E-state index contributed by atoms with van der Waals surface area (Å²) in [5.41, 5.74) is -1.19. The largest absolute Gasteiger partial charge is 0.479 e. The van der Waals surface area contributed by atoms with Gasteiger partial charge in [-0.25, -0.2) is 9.59 Å². The van der Waals surface area contributed by atoms with Gasteiger partial charge in [0.25, 0.3) is 0 Å². The average Bonchev–Trinajstić information content (AvgIpc) is 2.34. The highest BCUT2D eigenvalue weighted by Gasteiger charge is 2.49. The molecular weight excluding hydrogens is 174 g/mol. The molecule has 1 unspecified atom stereocenters. The van der Waals surface area contributed by atoms with E-state index < -0.39 is 17.6 Å². The number of nitrogens with zero attached hydrogens (tertiary/aromatic N) is 1. The first-order chi connectivity index (χ1) is 6.02. The van der Waals surface area contributed by atoms with Gasteiger partial charge in [-0.15, -0.1) is 0 Å². The maximum absolute atomic E-state index is 11.1. The van der Waals surface area contributed by atoms with E-state index in [1.165, 1.54) is 11.8 Å². The Morgan fingerprint density at radius 2 is 2.38 bits per heavy atom. The van der Waals surface area contributed by atoms with Crippen molar-refractivity contribution in [3.8, 4) is 0 Å². The normalized spacial score (nSPS) is 27.5. The Bertz CT molecular complexity index is 240. The number of ether oxygens (including phenoxy) is 1. The molecule has 1 rings (SSSR count). The van der Waals surface area contributed by atoms with Gasteiger partial charge < -0.3 is 9.84 Å². The minimum absolute atomic E-state index is 0.0683. The SMILES string of the molecule is CCCN1C(=O)OCC1(C)C(=O)O. The summed E-state index contributed by atoms with van der Waals surface area (Å²) in [7, 11) is 0. The van der Waals surface area contributed by atoms with Crippen LogP contribution in [0.5, 0.6) is 0 Å². The zero-order valence-electron chi connectivity index (χ0n) is 7.74. The highest BCUT2D eigenvalue weighted by Crippen LogP contribution is 2.24. The number of carboxylic acid groups (broad SMARTS) is 1. The smallest absolute Gasteiger partial charge is 0.410 e. The van der Waals surface area contributed by atoms with Crippen LogP contribution in [0, 0.1) is 0 Å². The van der Waals surface area contributed by atoms with Gasteiger partial charge >= 0.3 is 12.1 Å². The number of amides is 1. The molecule has 1 heterocycles. The molecule has 0 aromatic carbocycles. The van der Waals surface area contributed by atoms with Crippen molar-refractivity contribution in [1.29, 1.82) is 0 Å². The van der Waals surface area contributed by atoms with Crippen LogP contribution >= 0.6 is 0 Å². The zero-order chi connectivity index (χ0) is 10.1. The van der Waals surface area contributed by atoms with E-state index in [1.807, 2.05) is 6.92 Å². The van der Waals surface area contributed by atoms with Gasteiger partial charge in [-0.1, -0.05) is 6.92 Å². The molecule has 1 atom stereocenters. The first-order valence-electron chi connectivity index (χ1n) is 4.20. The lowest BCUT2D eigenvalue weighted by atomic mass is 10.0. The monoisotopic (exact) mass is 187 g/mol.